The molecule has 2 heterocycles. The first-order valence-corrected chi connectivity index (χ1v) is 8.15. The molecule has 2 aromatic heterocycles. The minimum Gasteiger partial charge on any atom is -0.384 e. The summed E-state index contributed by atoms with van der Waals surface area (Å²) in [7, 11) is 3.63. The van der Waals surface area contributed by atoms with E-state index in [9.17, 15) is 0 Å². The summed E-state index contributed by atoms with van der Waals surface area (Å²) in [6, 6.07) is 0. The van der Waals surface area contributed by atoms with Crippen LogP contribution in [0.3, 0.4) is 0 Å². The van der Waals surface area contributed by atoms with Crippen LogP contribution in [0.15, 0.2) is 0 Å². The molecule has 2 aromatic rings. The van der Waals surface area contributed by atoms with Crippen LogP contribution in [0.1, 0.15) is 16.3 Å². The Bertz CT molecular complexity index is 569. The number of aromatic nitrogens is 2. The van der Waals surface area contributed by atoms with Crippen molar-refractivity contribution >= 4 is 39.1 Å². The molecule has 0 saturated carbocycles. The summed E-state index contributed by atoms with van der Waals surface area (Å²) in [6.45, 7) is 5.03. The predicted molar refractivity (Wildman–Crippen MR) is 84.5 cm³/mol. The molecule has 0 unspecified atom stereocenters. The molecule has 104 valence electrons. The number of methoxy groups -OCH3 is 1. The second-order valence-corrected chi connectivity index (χ2v) is 6.56. The van der Waals surface area contributed by atoms with E-state index in [2.05, 4.69) is 29.1 Å². The van der Waals surface area contributed by atoms with E-state index in [1.54, 1.807) is 30.2 Å². The smallest absolute Gasteiger partial charge is 0.142 e. The zero-order valence-corrected chi connectivity index (χ0v) is 13.4. The van der Waals surface area contributed by atoms with E-state index in [0.29, 0.717) is 0 Å². The molecule has 0 bridgehead atoms. The largest absolute Gasteiger partial charge is 0.384 e. The summed E-state index contributed by atoms with van der Waals surface area (Å²) < 4.78 is 5.04. The van der Waals surface area contributed by atoms with Gasteiger partial charge in [-0.25, -0.2) is 9.97 Å². The van der Waals surface area contributed by atoms with Gasteiger partial charge in [-0.3, -0.25) is 0 Å². The van der Waals surface area contributed by atoms with Gasteiger partial charge >= 0.3 is 0 Å². The van der Waals surface area contributed by atoms with Crippen molar-refractivity contribution in [2.24, 2.45) is 0 Å². The molecule has 0 aromatic carbocycles. The Balaban J connectivity index is 2.27. The van der Waals surface area contributed by atoms with E-state index >= 15 is 0 Å². The molecule has 0 amide bonds. The highest BCUT2D eigenvalue weighted by molar-refractivity contribution is 7.98. The monoisotopic (exact) mass is 297 g/mol. The van der Waals surface area contributed by atoms with Crippen molar-refractivity contribution in [3.05, 3.63) is 16.3 Å². The van der Waals surface area contributed by atoms with E-state index < -0.39 is 0 Å². The van der Waals surface area contributed by atoms with E-state index in [1.807, 2.05) is 7.05 Å². The number of thiophene rings is 1. The van der Waals surface area contributed by atoms with Crippen molar-refractivity contribution in [1.82, 2.24) is 9.97 Å². The Morgan fingerprint density at radius 1 is 1.32 bits per heavy atom. The standard InChI is InChI=1S/C13H19N3OS2/c1-8-9(2)19-13-11(8)12(14-3)15-10(16-13)7-18-6-5-17-4/h5-7H2,1-4H3,(H,14,15,16). The molecule has 19 heavy (non-hydrogen) atoms. The molecule has 2 rings (SSSR count). The number of nitrogens with zero attached hydrogens (tertiary/aromatic N) is 2. The average Bonchev–Trinajstić information content (AvgIpc) is 2.69. The van der Waals surface area contributed by atoms with Crippen LogP contribution >= 0.6 is 23.1 Å². The zero-order valence-electron chi connectivity index (χ0n) is 11.7. The second kappa shape index (κ2) is 6.54. The minimum atomic E-state index is 0.767. The molecular formula is C13H19N3OS2. The maximum atomic E-state index is 5.04. The Morgan fingerprint density at radius 2 is 2.11 bits per heavy atom. The third kappa shape index (κ3) is 3.19. The van der Waals surface area contributed by atoms with Crippen LogP contribution in [-0.2, 0) is 10.5 Å². The number of nitrogens with one attached hydrogen (secondary N) is 1. The highest BCUT2D eigenvalue weighted by Gasteiger charge is 2.13. The zero-order chi connectivity index (χ0) is 13.8. The van der Waals surface area contributed by atoms with Gasteiger partial charge in [-0.2, -0.15) is 11.8 Å². The normalized spacial score (nSPS) is 11.2. The number of rotatable bonds is 6. The van der Waals surface area contributed by atoms with Gasteiger partial charge in [-0.15, -0.1) is 11.3 Å². The summed E-state index contributed by atoms with van der Waals surface area (Å²) >= 11 is 3.54. The van der Waals surface area contributed by atoms with E-state index in [4.69, 9.17) is 4.74 Å². The van der Waals surface area contributed by atoms with Crippen LogP contribution < -0.4 is 5.32 Å². The first-order valence-electron chi connectivity index (χ1n) is 6.18. The SMILES string of the molecule is CNc1nc(CSCCOC)nc2sc(C)c(C)c12. The minimum absolute atomic E-state index is 0.767. The van der Waals surface area contributed by atoms with E-state index in [1.165, 1.54) is 10.4 Å². The van der Waals surface area contributed by atoms with Crippen LogP contribution in [0.25, 0.3) is 10.2 Å². The van der Waals surface area contributed by atoms with Crippen LogP contribution in [0.4, 0.5) is 5.82 Å². The molecule has 0 radical (unpaired) electrons. The van der Waals surface area contributed by atoms with Crippen molar-refractivity contribution in [3.8, 4) is 0 Å². The maximum absolute atomic E-state index is 5.04. The van der Waals surface area contributed by atoms with E-state index in [0.717, 1.165) is 40.0 Å². The van der Waals surface area contributed by atoms with Crippen molar-refractivity contribution in [3.63, 3.8) is 0 Å². The Morgan fingerprint density at radius 3 is 2.79 bits per heavy atom. The highest BCUT2D eigenvalue weighted by atomic mass is 32.2. The fourth-order valence-corrected chi connectivity index (χ4v) is 3.63. The molecule has 0 spiro atoms. The molecule has 0 atom stereocenters. The second-order valence-electron chi connectivity index (χ2n) is 4.25. The lowest BCUT2D eigenvalue weighted by Gasteiger charge is -2.06. The van der Waals surface area contributed by atoms with Crippen molar-refractivity contribution in [2.45, 2.75) is 19.6 Å². The van der Waals surface area contributed by atoms with Gasteiger partial charge in [0, 0.05) is 24.8 Å². The van der Waals surface area contributed by atoms with Gasteiger partial charge in [0.2, 0.25) is 0 Å². The molecule has 4 nitrogen and oxygen atoms in total. The van der Waals surface area contributed by atoms with Crippen LogP contribution in [0.5, 0.6) is 0 Å². The van der Waals surface area contributed by atoms with Gasteiger partial charge in [-0.1, -0.05) is 0 Å². The van der Waals surface area contributed by atoms with Crippen molar-refractivity contribution in [1.29, 1.82) is 0 Å². The summed E-state index contributed by atoms with van der Waals surface area (Å²) in [4.78, 5) is 11.7. The quantitative estimate of drug-likeness (QED) is 0.830. The third-order valence-corrected chi connectivity index (χ3v) is 4.99. The number of aryl methyl sites for hydroxylation is 2. The molecule has 6 heteroatoms. The van der Waals surface area contributed by atoms with Crippen molar-refractivity contribution in [2.75, 3.05) is 31.8 Å². The highest BCUT2D eigenvalue weighted by Crippen LogP contribution is 2.33. The number of ether oxygens (including phenoxy) is 1. The number of anilines is 1. The van der Waals surface area contributed by atoms with Gasteiger partial charge in [0.25, 0.3) is 0 Å². The fraction of sp³-hybridized carbons (Fsp3) is 0.538. The number of hydrogen-bond donors (Lipinski definition) is 1. The molecule has 1 N–H and O–H groups in total. The van der Waals surface area contributed by atoms with Crippen molar-refractivity contribution < 1.29 is 4.74 Å². The predicted octanol–water partition coefficient (Wildman–Crippen LogP) is 3.23. The molecule has 0 saturated heterocycles. The number of hydrogen-bond acceptors (Lipinski definition) is 6. The topological polar surface area (TPSA) is 47.0 Å². The van der Waals surface area contributed by atoms with E-state index in [-0.39, 0.29) is 0 Å². The van der Waals surface area contributed by atoms with Gasteiger partial charge < -0.3 is 10.1 Å². The Kier molecular flexibility index (Phi) is 5.01. The van der Waals surface area contributed by atoms with Gasteiger partial charge in [-0.05, 0) is 19.4 Å². The molecule has 0 aliphatic carbocycles. The lowest BCUT2D eigenvalue weighted by Crippen LogP contribution is -2.01. The lowest BCUT2D eigenvalue weighted by molar-refractivity contribution is 0.218. The summed E-state index contributed by atoms with van der Waals surface area (Å²) in [5.74, 6) is 3.62. The van der Waals surface area contributed by atoms with Gasteiger partial charge in [0.1, 0.15) is 16.5 Å². The molecule has 0 aliphatic heterocycles. The average molecular weight is 297 g/mol. The molecular weight excluding hydrogens is 278 g/mol. The lowest BCUT2D eigenvalue weighted by atomic mass is 10.2. The maximum Gasteiger partial charge on any atom is 0.142 e. The Hall–Kier alpha value is -0.850. The third-order valence-electron chi connectivity index (χ3n) is 2.97. The first-order chi connectivity index (χ1) is 9.17. The summed E-state index contributed by atoms with van der Waals surface area (Å²) in [6.07, 6.45) is 0. The first kappa shape index (κ1) is 14.6. The molecule has 0 fully saturated rings. The van der Waals surface area contributed by atoms with Crippen LogP contribution in [0, 0.1) is 13.8 Å². The van der Waals surface area contributed by atoms with Crippen LogP contribution in [0.2, 0.25) is 0 Å². The fourth-order valence-electron chi connectivity index (χ4n) is 1.84. The molecule has 0 aliphatic rings. The Labute approximate surface area is 122 Å². The number of thioether (sulfide) groups is 1. The number of fused-ring (bicyclic) bond motifs is 1. The summed E-state index contributed by atoms with van der Waals surface area (Å²) in [5, 5.41) is 4.35. The summed E-state index contributed by atoms with van der Waals surface area (Å²) in [5.41, 5.74) is 1.28. The van der Waals surface area contributed by atoms with Gasteiger partial charge in [0.15, 0.2) is 0 Å². The van der Waals surface area contributed by atoms with Crippen LogP contribution in [-0.4, -0.2) is 36.5 Å². The van der Waals surface area contributed by atoms with Gasteiger partial charge in [0.05, 0.1) is 17.7 Å².